The quantitative estimate of drug-likeness (QED) is 0.378. The maximum absolute atomic E-state index is 13.2. The van der Waals surface area contributed by atoms with Crippen molar-refractivity contribution in [2.45, 2.75) is 11.8 Å². The predicted molar refractivity (Wildman–Crippen MR) is 119 cm³/mol. The molecule has 0 atom stereocenters. The number of rotatable bonds is 7. The van der Waals surface area contributed by atoms with Gasteiger partial charge in [0.2, 0.25) is 0 Å². The lowest BCUT2D eigenvalue weighted by Crippen LogP contribution is -2.39. The number of carbonyl (C=O) groups excluding carboxylic acids is 1. The number of nitrogens with one attached hydrogen (secondary N) is 1. The zero-order valence-electron chi connectivity index (χ0n) is 15.7. The van der Waals surface area contributed by atoms with Gasteiger partial charge in [-0.25, -0.2) is 13.8 Å². The minimum atomic E-state index is -4.04. The van der Waals surface area contributed by atoms with E-state index in [9.17, 15) is 13.2 Å². The van der Waals surface area contributed by atoms with Crippen LogP contribution < -0.4 is 9.73 Å². The molecule has 3 aromatic rings. The first-order valence-electron chi connectivity index (χ1n) is 8.69. The largest absolute Gasteiger partial charge is 0.459 e. The van der Waals surface area contributed by atoms with E-state index >= 15 is 0 Å². The molecule has 7 nitrogen and oxygen atoms in total. The van der Waals surface area contributed by atoms with Crippen molar-refractivity contribution < 1.29 is 17.6 Å². The fourth-order valence-corrected chi connectivity index (χ4v) is 4.61. The van der Waals surface area contributed by atoms with Gasteiger partial charge in [-0.3, -0.25) is 9.10 Å². The Kier molecular flexibility index (Phi) is 6.96. The molecule has 0 aliphatic heterocycles. The molecule has 156 valence electrons. The van der Waals surface area contributed by atoms with Crippen molar-refractivity contribution in [3.8, 4) is 0 Å². The van der Waals surface area contributed by atoms with E-state index in [4.69, 9.17) is 16.0 Å². The van der Waals surface area contributed by atoms with Crippen molar-refractivity contribution in [3.63, 3.8) is 0 Å². The van der Waals surface area contributed by atoms with Gasteiger partial charge < -0.3 is 4.42 Å². The number of halogens is 2. The van der Waals surface area contributed by atoms with Crippen molar-refractivity contribution in [1.82, 2.24) is 5.43 Å². The highest BCUT2D eigenvalue weighted by Crippen LogP contribution is 2.30. The van der Waals surface area contributed by atoms with Crippen LogP contribution in [0, 0.1) is 6.92 Å². The van der Waals surface area contributed by atoms with Crippen molar-refractivity contribution in [1.29, 1.82) is 0 Å². The second-order valence-electron chi connectivity index (χ2n) is 6.12. The third kappa shape index (κ3) is 5.10. The first-order chi connectivity index (χ1) is 14.3. The molecule has 0 fully saturated rings. The molecular formula is C20H17BrClN3O4S. The highest BCUT2D eigenvalue weighted by Gasteiger charge is 2.28. The number of para-hydroxylation sites is 1. The summed E-state index contributed by atoms with van der Waals surface area (Å²) in [6.45, 7) is 1.26. The lowest BCUT2D eigenvalue weighted by atomic mass is 10.3. The van der Waals surface area contributed by atoms with Crippen LogP contribution in [0.5, 0.6) is 0 Å². The van der Waals surface area contributed by atoms with Crippen LogP contribution in [0.2, 0.25) is 5.02 Å². The summed E-state index contributed by atoms with van der Waals surface area (Å²) in [5, 5.41) is 4.02. The molecule has 0 saturated carbocycles. The van der Waals surface area contributed by atoms with Gasteiger partial charge in [0.1, 0.15) is 18.1 Å². The molecule has 3 rings (SSSR count). The smallest absolute Gasteiger partial charge is 0.264 e. The second-order valence-corrected chi connectivity index (χ2v) is 9.25. The standard InChI is InChI=1S/C20H17BrClN3O4S/c1-14-17(21)11-15(29-14)12-23-24-20(26)13-25(19-10-6-5-9-18(19)22)30(27,28)16-7-3-2-4-8-16/h2-12H,13H2,1H3,(H,24,26)/b23-12-. The molecule has 0 unspecified atom stereocenters. The molecule has 1 amide bonds. The number of benzene rings is 2. The Morgan fingerprint density at radius 1 is 1.20 bits per heavy atom. The van der Waals surface area contributed by atoms with Gasteiger partial charge in [-0.05, 0) is 47.1 Å². The van der Waals surface area contributed by atoms with Gasteiger partial charge in [-0.2, -0.15) is 5.10 Å². The highest BCUT2D eigenvalue weighted by molar-refractivity contribution is 9.10. The molecule has 0 radical (unpaired) electrons. The summed E-state index contributed by atoms with van der Waals surface area (Å²) < 4.78 is 33.5. The molecule has 0 aliphatic carbocycles. The lowest BCUT2D eigenvalue weighted by molar-refractivity contribution is -0.119. The number of hydrogen-bond acceptors (Lipinski definition) is 5. The molecule has 1 aromatic heterocycles. The van der Waals surface area contributed by atoms with Crippen LogP contribution in [0.15, 0.2) is 79.6 Å². The van der Waals surface area contributed by atoms with Crippen LogP contribution in [0.3, 0.4) is 0 Å². The number of sulfonamides is 1. The molecule has 30 heavy (non-hydrogen) atoms. The molecule has 1 N–H and O–H groups in total. The predicted octanol–water partition coefficient (Wildman–Crippen LogP) is 4.35. The molecule has 0 bridgehead atoms. The van der Waals surface area contributed by atoms with E-state index in [1.165, 1.54) is 24.4 Å². The number of hydrazone groups is 1. The van der Waals surface area contributed by atoms with Crippen molar-refractivity contribution in [3.05, 3.63) is 81.7 Å². The number of carbonyl (C=O) groups is 1. The fraction of sp³-hybridized carbons (Fsp3) is 0.100. The molecular weight excluding hydrogens is 494 g/mol. The Labute approximate surface area is 187 Å². The number of amides is 1. The maximum Gasteiger partial charge on any atom is 0.264 e. The van der Waals surface area contributed by atoms with Crippen molar-refractivity contribution in [2.24, 2.45) is 5.10 Å². The Bertz CT molecular complexity index is 1160. The molecule has 2 aromatic carbocycles. The van der Waals surface area contributed by atoms with Crippen molar-refractivity contribution in [2.75, 3.05) is 10.8 Å². The average molecular weight is 511 g/mol. The summed E-state index contributed by atoms with van der Waals surface area (Å²) in [6.07, 6.45) is 1.32. The Hall–Kier alpha value is -2.62. The Balaban J connectivity index is 1.84. The number of hydrogen-bond donors (Lipinski definition) is 1. The summed E-state index contributed by atoms with van der Waals surface area (Å²) in [5.41, 5.74) is 2.50. The van der Waals surface area contributed by atoms with Crippen LogP contribution in [0.25, 0.3) is 0 Å². The molecule has 10 heteroatoms. The molecule has 0 aliphatic rings. The van der Waals surface area contributed by atoms with E-state index in [1.54, 1.807) is 49.4 Å². The lowest BCUT2D eigenvalue weighted by Gasteiger charge is -2.24. The van der Waals surface area contributed by atoms with Crippen LogP contribution in [0.4, 0.5) is 5.69 Å². The Morgan fingerprint density at radius 2 is 1.87 bits per heavy atom. The monoisotopic (exact) mass is 509 g/mol. The normalized spacial score (nSPS) is 11.6. The third-order valence-corrected chi connectivity index (χ3v) is 6.88. The minimum Gasteiger partial charge on any atom is -0.459 e. The average Bonchev–Trinajstić information content (AvgIpc) is 3.04. The van der Waals surface area contributed by atoms with Gasteiger partial charge >= 0.3 is 0 Å². The van der Waals surface area contributed by atoms with Gasteiger partial charge in [-0.1, -0.05) is 41.9 Å². The van der Waals surface area contributed by atoms with E-state index in [-0.39, 0.29) is 15.6 Å². The van der Waals surface area contributed by atoms with E-state index < -0.39 is 22.5 Å². The summed E-state index contributed by atoms with van der Waals surface area (Å²) in [5.74, 6) is 0.453. The number of anilines is 1. The molecule has 1 heterocycles. The minimum absolute atomic E-state index is 0.0390. The maximum atomic E-state index is 13.2. The van der Waals surface area contributed by atoms with Crippen LogP contribution >= 0.6 is 27.5 Å². The zero-order valence-corrected chi connectivity index (χ0v) is 18.9. The van der Waals surface area contributed by atoms with Crippen LogP contribution in [-0.2, 0) is 14.8 Å². The second kappa shape index (κ2) is 9.46. The third-order valence-electron chi connectivity index (χ3n) is 4.00. The summed E-state index contributed by atoms with van der Waals surface area (Å²) in [4.78, 5) is 12.5. The SMILES string of the molecule is Cc1oc(/C=N\NC(=O)CN(c2ccccc2Cl)S(=O)(=O)c2ccccc2)cc1Br. The molecule has 0 saturated heterocycles. The fourth-order valence-electron chi connectivity index (χ4n) is 2.55. The summed E-state index contributed by atoms with van der Waals surface area (Å²) in [7, 11) is -4.04. The van der Waals surface area contributed by atoms with Crippen molar-refractivity contribution >= 4 is 55.4 Å². The van der Waals surface area contributed by atoms with Gasteiger partial charge in [0.15, 0.2) is 0 Å². The van der Waals surface area contributed by atoms with Gasteiger partial charge in [0, 0.05) is 6.07 Å². The van der Waals surface area contributed by atoms with E-state index in [1.807, 2.05) is 0 Å². The van der Waals surface area contributed by atoms with E-state index in [2.05, 4.69) is 26.5 Å². The molecule has 0 spiro atoms. The topological polar surface area (TPSA) is 92.0 Å². The number of nitrogens with zero attached hydrogens (tertiary/aromatic N) is 2. The first kappa shape index (κ1) is 22.1. The van der Waals surface area contributed by atoms with Crippen LogP contribution in [0.1, 0.15) is 11.5 Å². The van der Waals surface area contributed by atoms with Gasteiger partial charge in [0.05, 0.1) is 26.3 Å². The first-order valence-corrected chi connectivity index (χ1v) is 11.3. The number of furan rings is 1. The van der Waals surface area contributed by atoms with Crippen LogP contribution in [-0.4, -0.2) is 27.1 Å². The van der Waals surface area contributed by atoms with Gasteiger partial charge in [-0.15, -0.1) is 0 Å². The van der Waals surface area contributed by atoms with E-state index in [0.29, 0.717) is 11.5 Å². The Morgan fingerprint density at radius 3 is 2.50 bits per heavy atom. The highest BCUT2D eigenvalue weighted by atomic mass is 79.9. The summed E-state index contributed by atoms with van der Waals surface area (Å²) >= 11 is 9.53. The van der Waals surface area contributed by atoms with E-state index in [0.717, 1.165) is 8.78 Å². The zero-order chi connectivity index (χ0) is 21.7. The van der Waals surface area contributed by atoms with Gasteiger partial charge in [0.25, 0.3) is 15.9 Å². The number of aryl methyl sites for hydroxylation is 1. The summed E-state index contributed by atoms with van der Waals surface area (Å²) in [6, 6.07) is 15.9.